The van der Waals surface area contributed by atoms with Crippen LogP contribution in [-0.4, -0.2) is 24.7 Å². The second-order valence-electron chi connectivity index (χ2n) is 3.53. The minimum Gasteiger partial charge on any atom is -0.312 e. The Hall–Kier alpha value is -0.600. The van der Waals surface area contributed by atoms with E-state index in [0.29, 0.717) is 0 Å². The lowest BCUT2D eigenvalue weighted by Gasteiger charge is -2.25. The second kappa shape index (κ2) is 5.95. The van der Waals surface area contributed by atoms with Gasteiger partial charge in [-0.15, -0.1) is 0 Å². The van der Waals surface area contributed by atoms with Crippen LogP contribution in [0, 0.1) is 0 Å². The standard InChI is InChI=1S/C11H22N2/c1-6-9(3)8-13(5)11(12)10(4)7-2/h6-7,11H,8,12H2,1-5H3. The minimum absolute atomic E-state index is 0.0416. The Kier molecular flexibility index (Phi) is 5.67. The van der Waals surface area contributed by atoms with Crippen LogP contribution < -0.4 is 5.73 Å². The maximum atomic E-state index is 6.00. The van der Waals surface area contributed by atoms with Crippen LogP contribution in [0.2, 0.25) is 0 Å². The molecule has 0 aromatic heterocycles. The lowest BCUT2D eigenvalue weighted by Crippen LogP contribution is -2.40. The molecule has 1 atom stereocenters. The summed E-state index contributed by atoms with van der Waals surface area (Å²) in [5.41, 5.74) is 8.57. The van der Waals surface area contributed by atoms with Gasteiger partial charge in [0, 0.05) is 6.54 Å². The Morgan fingerprint density at radius 1 is 1.31 bits per heavy atom. The molecular weight excluding hydrogens is 160 g/mol. The maximum absolute atomic E-state index is 6.00. The quantitative estimate of drug-likeness (QED) is 0.533. The average molecular weight is 182 g/mol. The summed E-state index contributed by atoms with van der Waals surface area (Å²) >= 11 is 0. The highest BCUT2D eigenvalue weighted by Gasteiger charge is 2.10. The first-order valence-corrected chi connectivity index (χ1v) is 4.73. The van der Waals surface area contributed by atoms with Crippen LogP contribution in [0.5, 0.6) is 0 Å². The van der Waals surface area contributed by atoms with Crippen molar-refractivity contribution in [1.82, 2.24) is 4.90 Å². The molecule has 0 bridgehead atoms. The molecule has 0 rings (SSSR count). The summed E-state index contributed by atoms with van der Waals surface area (Å²) in [6.07, 6.45) is 4.22. The van der Waals surface area contributed by atoms with Gasteiger partial charge >= 0.3 is 0 Å². The predicted octanol–water partition coefficient (Wildman–Crippen LogP) is 2.14. The van der Waals surface area contributed by atoms with E-state index in [2.05, 4.69) is 37.8 Å². The fraction of sp³-hybridized carbons (Fsp3) is 0.636. The smallest absolute Gasteiger partial charge is 0.0791 e. The van der Waals surface area contributed by atoms with Gasteiger partial charge in [-0.2, -0.15) is 0 Å². The molecule has 2 nitrogen and oxygen atoms in total. The van der Waals surface area contributed by atoms with Crippen LogP contribution in [0.4, 0.5) is 0 Å². The van der Waals surface area contributed by atoms with E-state index in [9.17, 15) is 0 Å². The monoisotopic (exact) mass is 182 g/mol. The van der Waals surface area contributed by atoms with Crippen molar-refractivity contribution in [2.45, 2.75) is 33.9 Å². The summed E-state index contributed by atoms with van der Waals surface area (Å²) in [7, 11) is 2.05. The molecule has 0 amide bonds. The van der Waals surface area contributed by atoms with Gasteiger partial charge in [0.2, 0.25) is 0 Å². The van der Waals surface area contributed by atoms with E-state index in [1.807, 2.05) is 14.0 Å². The lowest BCUT2D eigenvalue weighted by atomic mass is 10.2. The first-order chi connectivity index (χ1) is 6.02. The van der Waals surface area contributed by atoms with Gasteiger partial charge in [-0.05, 0) is 40.3 Å². The van der Waals surface area contributed by atoms with E-state index in [4.69, 9.17) is 5.73 Å². The molecule has 0 heterocycles. The largest absolute Gasteiger partial charge is 0.312 e. The van der Waals surface area contributed by atoms with Gasteiger partial charge < -0.3 is 5.73 Å². The molecule has 0 aliphatic carbocycles. The number of hydrogen-bond donors (Lipinski definition) is 1. The molecule has 0 spiro atoms. The van der Waals surface area contributed by atoms with Crippen LogP contribution in [0.3, 0.4) is 0 Å². The number of rotatable bonds is 4. The summed E-state index contributed by atoms with van der Waals surface area (Å²) in [6.45, 7) is 9.19. The zero-order valence-electron chi connectivity index (χ0n) is 9.46. The molecule has 0 aliphatic rings. The molecule has 0 aromatic rings. The van der Waals surface area contributed by atoms with E-state index in [1.54, 1.807) is 0 Å². The van der Waals surface area contributed by atoms with Gasteiger partial charge in [0.15, 0.2) is 0 Å². The van der Waals surface area contributed by atoms with E-state index in [-0.39, 0.29) is 6.17 Å². The number of hydrogen-bond acceptors (Lipinski definition) is 2. The molecule has 0 aromatic carbocycles. The Labute approximate surface area is 82.1 Å². The Morgan fingerprint density at radius 2 is 1.85 bits per heavy atom. The topological polar surface area (TPSA) is 29.3 Å². The normalized spacial score (nSPS) is 16.5. The van der Waals surface area contributed by atoms with Crippen molar-refractivity contribution in [2.24, 2.45) is 5.73 Å². The summed E-state index contributed by atoms with van der Waals surface area (Å²) in [5.74, 6) is 0. The van der Waals surface area contributed by atoms with E-state index < -0.39 is 0 Å². The number of nitrogens with two attached hydrogens (primary N) is 1. The van der Waals surface area contributed by atoms with Crippen molar-refractivity contribution in [3.63, 3.8) is 0 Å². The maximum Gasteiger partial charge on any atom is 0.0791 e. The van der Waals surface area contributed by atoms with Crippen LogP contribution in [0.25, 0.3) is 0 Å². The van der Waals surface area contributed by atoms with Gasteiger partial charge in [-0.1, -0.05) is 17.7 Å². The molecule has 0 aliphatic heterocycles. The number of likely N-dealkylation sites (N-methyl/N-ethyl adjacent to an activating group) is 1. The number of allylic oxidation sites excluding steroid dienone is 2. The highest BCUT2D eigenvalue weighted by Crippen LogP contribution is 2.05. The van der Waals surface area contributed by atoms with Crippen LogP contribution in [0.1, 0.15) is 27.7 Å². The third-order valence-corrected chi connectivity index (χ3v) is 2.39. The first-order valence-electron chi connectivity index (χ1n) is 4.73. The molecule has 2 N–H and O–H groups in total. The molecule has 76 valence electrons. The van der Waals surface area contributed by atoms with Crippen molar-refractivity contribution in [3.8, 4) is 0 Å². The SMILES string of the molecule is CC=C(C)CN(C)C(N)C(C)=CC. The third kappa shape index (κ3) is 4.25. The fourth-order valence-electron chi connectivity index (χ4n) is 1.10. The predicted molar refractivity (Wildman–Crippen MR) is 59.5 cm³/mol. The lowest BCUT2D eigenvalue weighted by molar-refractivity contribution is 0.299. The van der Waals surface area contributed by atoms with Gasteiger partial charge in [0.05, 0.1) is 6.17 Å². The second-order valence-corrected chi connectivity index (χ2v) is 3.53. The Morgan fingerprint density at radius 3 is 2.23 bits per heavy atom. The molecule has 0 fully saturated rings. The molecular formula is C11H22N2. The van der Waals surface area contributed by atoms with Crippen molar-refractivity contribution in [3.05, 3.63) is 23.3 Å². The van der Waals surface area contributed by atoms with Crippen molar-refractivity contribution >= 4 is 0 Å². The fourth-order valence-corrected chi connectivity index (χ4v) is 1.10. The van der Waals surface area contributed by atoms with E-state index >= 15 is 0 Å². The summed E-state index contributed by atoms with van der Waals surface area (Å²) < 4.78 is 0. The molecule has 0 saturated heterocycles. The van der Waals surface area contributed by atoms with Crippen molar-refractivity contribution < 1.29 is 0 Å². The summed E-state index contributed by atoms with van der Waals surface area (Å²) in [5, 5.41) is 0. The van der Waals surface area contributed by atoms with Crippen LogP contribution >= 0.6 is 0 Å². The molecule has 2 heteroatoms. The van der Waals surface area contributed by atoms with Gasteiger partial charge in [-0.3, -0.25) is 4.90 Å². The van der Waals surface area contributed by atoms with Crippen LogP contribution in [0.15, 0.2) is 23.3 Å². The third-order valence-electron chi connectivity index (χ3n) is 2.39. The van der Waals surface area contributed by atoms with E-state index in [0.717, 1.165) is 6.54 Å². The van der Waals surface area contributed by atoms with Gasteiger partial charge in [0.1, 0.15) is 0 Å². The van der Waals surface area contributed by atoms with Crippen molar-refractivity contribution in [2.75, 3.05) is 13.6 Å². The Bertz CT molecular complexity index is 204. The summed E-state index contributed by atoms with van der Waals surface area (Å²) in [4.78, 5) is 2.14. The zero-order chi connectivity index (χ0) is 10.4. The highest BCUT2D eigenvalue weighted by molar-refractivity contribution is 5.07. The van der Waals surface area contributed by atoms with Crippen molar-refractivity contribution in [1.29, 1.82) is 0 Å². The highest BCUT2D eigenvalue weighted by atomic mass is 15.2. The molecule has 13 heavy (non-hydrogen) atoms. The van der Waals surface area contributed by atoms with E-state index in [1.165, 1.54) is 11.1 Å². The number of nitrogens with zero attached hydrogens (tertiary/aromatic N) is 1. The molecule has 0 radical (unpaired) electrons. The summed E-state index contributed by atoms with van der Waals surface area (Å²) in [6, 6.07) is 0. The molecule has 1 unspecified atom stereocenters. The first kappa shape index (κ1) is 12.4. The van der Waals surface area contributed by atoms with Crippen LogP contribution in [-0.2, 0) is 0 Å². The molecule has 0 saturated carbocycles. The minimum atomic E-state index is 0.0416. The van der Waals surface area contributed by atoms with Gasteiger partial charge in [0.25, 0.3) is 0 Å². The Balaban J connectivity index is 4.19. The zero-order valence-corrected chi connectivity index (χ0v) is 9.46. The average Bonchev–Trinajstić information content (AvgIpc) is 2.14. The van der Waals surface area contributed by atoms with Gasteiger partial charge in [-0.25, -0.2) is 0 Å².